The minimum Gasteiger partial charge on any atom is -0.347 e. The van der Waals surface area contributed by atoms with Crippen molar-refractivity contribution in [2.75, 3.05) is 27.2 Å². The number of benzene rings is 1. The van der Waals surface area contributed by atoms with Gasteiger partial charge in [0.05, 0.1) is 25.0 Å². The Kier molecular flexibility index (Phi) is 5.97. The Labute approximate surface area is 138 Å². The summed E-state index contributed by atoms with van der Waals surface area (Å²) in [7, 11) is 3.72. The third kappa shape index (κ3) is 4.82. The molecule has 0 saturated carbocycles. The van der Waals surface area contributed by atoms with Crippen molar-refractivity contribution >= 4 is 5.91 Å². The molecule has 8 heteroatoms. The molecule has 1 heterocycles. The first kappa shape index (κ1) is 18.0. The molecule has 0 saturated heterocycles. The molecule has 0 aliphatic rings. The van der Waals surface area contributed by atoms with E-state index in [1.54, 1.807) is 6.20 Å². The predicted molar refractivity (Wildman–Crippen MR) is 82.6 cm³/mol. The van der Waals surface area contributed by atoms with Gasteiger partial charge < -0.3 is 14.8 Å². The van der Waals surface area contributed by atoms with E-state index < -0.39 is 35.3 Å². The lowest BCUT2D eigenvalue weighted by Crippen LogP contribution is -2.37. The summed E-state index contributed by atoms with van der Waals surface area (Å²) < 4.78 is 40.5. The zero-order valence-corrected chi connectivity index (χ0v) is 13.5. The van der Waals surface area contributed by atoms with Gasteiger partial charge in [0.1, 0.15) is 17.5 Å². The number of nitrogens with zero attached hydrogens (tertiary/aromatic N) is 3. The van der Waals surface area contributed by atoms with Crippen molar-refractivity contribution in [1.82, 2.24) is 19.8 Å². The molecule has 1 N–H and O–H groups in total. The zero-order chi connectivity index (χ0) is 17.7. The lowest BCUT2D eigenvalue weighted by atomic mass is 10.1. The van der Waals surface area contributed by atoms with Gasteiger partial charge in [-0.05, 0) is 14.1 Å². The number of halogens is 3. The van der Waals surface area contributed by atoms with Crippen molar-refractivity contribution in [2.45, 2.75) is 13.0 Å². The second kappa shape index (κ2) is 7.96. The number of aromatic amines is 1. The number of imidazole rings is 1. The summed E-state index contributed by atoms with van der Waals surface area (Å²) in [5.74, 6) is -3.58. The first-order valence-electron chi connectivity index (χ1n) is 7.40. The molecule has 5 nitrogen and oxygen atoms in total. The van der Waals surface area contributed by atoms with Gasteiger partial charge in [0, 0.05) is 37.0 Å². The Bertz CT molecular complexity index is 666. The average Bonchev–Trinajstić information content (AvgIpc) is 2.99. The van der Waals surface area contributed by atoms with Gasteiger partial charge in [-0.1, -0.05) is 0 Å². The Morgan fingerprint density at radius 3 is 2.38 bits per heavy atom. The van der Waals surface area contributed by atoms with Gasteiger partial charge in [-0.3, -0.25) is 4.79 Å². The Morgan fingerprint density at radius 1 is 1.17 bits per heavy atom. The zero-order valence-electron chi connectivity index (χ0n) is 13.5. The van der Waals surface area contributed by atoms with Crippen molar-refractivity contribution in [3.8, 4) is 0 Å². The Hall–Kier alpha value is -2.35. The van der Waals surface area contributed by atoms with Gasteiger partial charge >= 0.3 is 0 Å². The fourth-order valence-corrected chi connectivity index (χ4v) is 2.19. The van der Waals surface area contributed by atoms with Crippen molar-refractivity contribution < 1.29 is 18.0 Å². The number of aromatic nitrogens is 2. The summed E-state index contributed by atoms with van der Waals surface area (Å²) in [5.41, 5.74) is 0.281. The summed E-state index contributed by atoms with van der Waals surface area (Å²) in [6, 6.07) is 1.15. The quantitative estimate of drug-likeness (QED) is 0.838. The molecule has 0 atom stereocenters. The van der Waals surface area contributed by atoms with Gasteiger partial charge in [0.15, 0.2) is 0 Å². The number of hydrogen-bond donors (Lipinski definition) is 1. The van der Waals surface area contributed by atoms with E-state index in [0.717, 1.165) is 0 Å². The van der Waals surface area contributed by atoms with Crippen molar-refractivity contribution in [2.24, 2.45) is 0 Å². The minimum atomic E-state index is -1.06. The number of likely N-dealkylation sites (N-methyl/N-ethyl adjacent to an activating group) is 1. The number of amides is 1. The van der Waals surface area contributed by atoms with Crippen LogP contribution in [0.15, 0.2) is 24.7 Å². The summed E-state index contributed by atoms with van der Waals surface area (Å²) in [6.07, 6.45) is 2.59. The second-order valence-electron chi connectivity index (χ2n) is 5.72. The van der Waals surface area contributed by atoms with Crippen LogP contribution in [0.4, 0.5) is 13.2 Å². The van der Waals surface area contributed by atoms with Crippen LogP contribution in [-0.2, 0) is 17.8 Å². The maximum Gasteiger partial charge on any atom is 0.227 e. The molecular formula is C16H19F3N4O. The van der Waals surface area contributed by atoms with Gasteiger partial charge in [-0.25, -0.2) is 18.2 Å². The molecule has 0 aliphatic carbocycles. The minimum absolute atomic E-state index is 0.247. The van der Waals surface area contributed by atoms with Crippen LogP contribution >= 0.6 is 0 Å². The van der Waals surface area contributed by atoms with E-state index in [9.17, 15) is 18.0 Å². The molecule has 2 aromatic rings. The van der Waals surface area contributed by atoms with Gasteiger partial charge in [-0.2, -0.15) is 0 Å². The maximum absolute atomic E-state index is 13.8. The van der Waals surface area contributed by atoms with Crippen LogP contribution < -0.4 is 0 Å². The molecule has 1 aromatic heterocycles. The molecule has 0 fully saturated rings. The van der Waals surface area contributed by atoms with Crippen LogP contribution in [-0.4, -0.2) is 52.9 Å². The highest BCUT2D eigenvalue weighted by molar-refractivity contribution is 5.78. The topological polar surface area (TPSA) is 52.2 Å². The number of hydrogen-bond acceptors (Lipinski definition) is 3. The number of carbonyl (C=O) groups is 1. The predicted octanol–water partition coefficient (Wildman–Crippen LogP) is 1.96. The summed E-state index contributed by atoms with van der Waals surface area (Å²) in [6.45, 7) is 1.22. The van der Waals surface area contributed by atoms with Crippen LogP contribution in [0.25, 0.3) is 0 Å². The molecule has 0 radical (unpaired) electrons. The lowest BCUT2D eigenvalue weighted by Gasteiger charge is -2.24. The fraction of sp³-hybridized carbons (Fsp3) is 0.375. The number of H-pyrrole nitrogens is 1. The highest BCUT2D eigenvalue weighted by Crippen LogP contribution is 2.16. The first-order chi connectivity index (χ1) is 11.4. The van der Waals surface area contributed by atoms with E-state index in [1.807, 2.05) is 19.0 Å². The standard InChI is InChI=1S/C16H19F3N4O/c1-22(2)3-4-23(9-12-8-20-10-21-12)16(24)7-13-14(18)5-11(17)6-15(13)19/h5-6,8,10H,3-4,7,9H2,1-2H3,(H,20,21). The normalized spacial score (nSPS) is 11.1. The summed E-state index contributed by atoms with van der Waals surface area (Å²) in [5, 5.41) is 0. The SMILES string of the molecule is CN(C)CCN(Cc1cnc[nH]1)C(=O)Cc1c(F)cc(F)cc1F. The third-order valence-corrected chi connectivity index (χ3v) is 3.52. The smallest absolute Gasteiger partial charge is 0.227 e. The highest BCUT2D eigenvalue weighted by Gasteiger charge is 2.20. The van der Waals surface area contributed by atoms with Crippen molar-refractivity contribution in [3.63, 3.8) is 0 Å². The maximum atomic E-state index is 13.8. The molecule has 1 aromatic carbocycles. The number of nitrogens with one attached hydrogen (secondary N) is 1. The molecule has 2 rings (SSSR count). The van der Waals surface area contributed by atoms with Crippen molar-refractivity contribution in [1.29, 1.82) is 0 Å². The van der Waals surface area contributed by atoms with E-state index >= 15 is 0 Å². The molecule has 0 bridgehead atoms. The van der Waals surface area contributed by atoms with E-state index in [0.29, 0.717) is 30.9 Å². The monoisotopic (exact) mass is 340 g/mol. The molecule has 130 valence electrons. The van der Waals surface area contributed by atoms with Crippen LogP contribution in [0.5, 0.6) is 0 Å². The van der Waals surface area contributed by atoms with Crippen LogP contribution in [0.2, 0.25) is 0 Å². The van der Waals surface area contributed by atoms with E-state index in [4.69, 9.17) is 0 Å². The van der Waals surface area contributed by atoms with Gasteiger partial charge in [-0.15, -0.1) is 0 Å². The van der Waals surface area contributed by atoms with E-state index in [1.165, 1.54) is 11.2 Å². The van der Waals surface area contributed by atoms with Crippen LogP contribution in [0, 0.1) is 17.5 Å². The fourth-order valence-electron chi connectivity index (χ4n) is 2.19. The van der Waals surface area contributed by atoms with Crippen LogP contribution in [0.3, 0.4) is 0 Å². The molecule has 1 amide bonds. The van der Waals surface area contributed by atoms with Gasteiger partial charge in [0.2, 0.25) is 5.91 Å². The van der Waals surface area contributed by atoms with Gasteiger partial charge in [0.25, 0.3) is 0 Å². The third-order valence-electron chi connectivity index (χ3n) is 3.52. The largest absolute Gasteiger partial charge is 0.347 e. The molecule has 0 unspecified atom stereocenters. The highest BCUT2D eigenvalue weighted by atomic mass is 19.1. The van der Waals surface area contributed by atoms with E-state index in [-0.39, 0.29) is 6.54 Å². The van der Waals surface area contributed by atoms with Crippen molar-refractivity contribution in [3.05, 3.63) is 53.4 Å². The lowest BCUT2D eigenvalue weighted by molar-refractivity contribution is -0.131. The average molecular weight is 340 g/mol. The van der Waals surface area contributed by atoms with E-state index in [2.05, 4.69) is 9.97 Å². The second-order valence-corrected chi connectivity index (χ2v) is 5.72. The summed E-state index contributed by atoms with van der Waals surface area (Å²) in [4.78, 5) is 22.6. The summed E-state index contributed by atoms with van der Waals surface area (Å²) >= 11 is 0. The first-order valence-corrected chi connectivity index (χ1v) is 7.40. The Morgan fingerprint density at radius 2 is 1.83 bits per heavy atom. The number of rotatable bonds is 7. The molecule has 24 heavy (non-hydrogen) atoms. The number of carbonyl (C=O) groups excluding carboxylic acids is 1. The Balaban J connectivity index is 2.14. The molecular weight excluding hydrogens is 321 g/mol. The molecule has 0 aliphatic heterocycles. The molecule has 0 spiro atoms. The van der Waals surface area contributed by atoms with Crippen LogP contribution in [0.1, 0.15) is 11.3 Å².